The Balaban J connectivity index is 1.18. The number of rotatable bonds is 8. The van der Waals surface area contributed by atoms with Crippen molar-refractivity contribution in [3.8, 4) is 0 Å². The molecule has 0 bridgehead atoms. The Kier molecular flexibility index (Phi) is 5.07. The molecule has 4 heteroatoms. The lowest BCUT2D eigenvalue weighted by Gasteiger charge is -2.59. The highest BCUT2D eigenvalue weighted by molar-refractivity contribution is 5.73. The van der Waals surface area contributed by atoms with Gasteiger partial charge in [0, 0.05) is 38.1 Å². The number of primary amides is 1. The molecule has 3 aliphatic carbocycles. The molecule has 1 unspecified atom stereocenters. The van der Waals surface area contributed by atoms with Crippen molar-refractivity contribution in [2.45, 2.75) is 64.0 Å². The third-order valence-electron chi connectivity index (χ3n) is 6.65. The van der Waals surface area contributed by atoms with Crippen LogP contribution in [0.1, 0.15) is 51.9 Å². The lowest BCUT2D eigenvalue weighted by atomic mass is 9.60. The van der Waals surface area contributed by atoms with Crippen molar-refractivity contribution in [2.75, 3.05) is 19.6 Å². The van der Waals surface area contributed by atoms with E-state index in [2.05, 4.69) is 41.4 Å². The Labute approximate surface area is 157 Å². The Hall–Kier alpha value is -1.39. The van der Waals surface area contributed by atoms with E-state index in [1.54, 1.807) is 5.57 Å². The van der Waals surface area contributed by atoms with Crippen LogP contribution in [-0.4, -0.2) is 42.5 Å². The Morgan fingerprint density at radius 1 is 1.38 bits per heavy atom. The summed E-state index contributed by atoms with van der Waals surface area (Å²) < 4.78 is 0. The summed E-state index contributed by atoms with van der Waals surface area (Å²) in [6, 6.07) is 1.40. The SMILES string of the molecule is CC/C(=C\C1=CCCC=C1)[C@@H]1CC1NC1CC2(C1)CN(CCC(N)=O)C2. The van der Waals surface area contributed by atoms with Crippen LogP contribution in [0.2, 0.25) is 0 Å². The van der Waals surface area contributed by atoms with Gasteiger partial charge in [0.25, 0.3) is 0 Å². The Morgan fingerprint density at radius 2 is 2.19 bits per heavy atom. The van der Waals surface area contributed by atoms with E-state index >= 15 is 0 Å². The van der Waals surface area contributed by atoms with Gasteiger partial charge in [-0.15, -0.1) is 0 Å². The molecular formula is C22H33N3O. The molecule has 0 aromatic rings. The first kappa shape index (κ1) is 18.0. The van der Waals surface area contributed by atoms with Gasteiger partial charge in [0.05, 0.1) is 0 Å². The first-order valence-corrected chi connectivity index (χ1v) is 10.4. The third kappa shape index (κ3) is 3.96. The van der Waals surface area contributed by atoms with Gasteiger partial charge >= 0.3 is 0 Å². The minimum atomic E-state index is -0.182. The second-order valence-corrected chi connectivity index (χ2v) is 8.90. The van der Waals surface area contributed by atoms with Crippen molar-refractivity contribution >= 4 is 5.91 Å². The number of allylic oxidation sites excluding steroid dienone is 5. The topological polar surface area (TPSA) is 58.4 Å². The summed E-state index contributed by atoms with van der Waals surface area (Å²) in [6.07, 6.45) is 17.3. The maximum Gasteiger partial charge on any atom is 0.218 e. The van der Waals surface area contributed by atoms with E-state index in [1.807, 2.05) is 0 Å². The van der Waals surface area contributed by atoms with Gasteiger partial charge in [-0.1, -0.05) is 36.8 Å². The molecule has 3 N–H and O–H groups in total. The minimum absolute atomic E-state index is 0.182. The summed E-state index contributed by atoms with van der Waals surface area (Å²) in [5.41, 5.74) is 8.81. The van der Waals surface area contributed by atoms with Gasteiger partial charge in [-0.2, -0.15) is 0 Å². The fourth-order valence-corrected chi connectivity index (χ4v) is 5.21. The van der Waals surface area contributed by atoms with Crippen molar-refractivity contribution in [3.05, 3.63) is 35.5 Å². The molecule has 26 heavy (non-hydrogen) atoms. The van der Waals surface area contributed by atoms with Crippen LogP contribution in [0.25, 0.3) is 0 Å². The monoisotopic (exact) mass is 355 g/mol. The molecule has 2 saturated carbocycles. The molecular weight excluding hydrogens is 322 g/mol. The number of carbonyl (C=O) groups is 1. The molecule has 1 aliphatic heterocycles. The number of likely N-dealkylation sites (tertiary alicyclic amines) is 1. The average Bonchev–Trinajstić information content (AvgIpc) is 3.32. The number of amides is 1. The quantitative estimate of drug-likeness (QED) is 0.704. The molecule has 1 spiro atoms. The Bertz CT molecular complexity index is 634. The van der Waals surface area contributed by atoms with Crippen LogP contribution < -0.4 is 11.1 Å². The van der Waals surface area contributed by atoms with Gasteiger partial charge in [0.2, 0.25) is 5.91 Å². The van der Waals surface area contributed by atoms with Crippen LogP contribution in [0.5, 0.6) is 0 Å². The fraction of sp³-hybridized carbons (Fsp3) is 0.682. The largest absolute Gasteiger partial charge is 0.370 e. The van der Waals surface area contributed by atoms with Crippen LogP contribution in [-0.2, 0) is 4.79 Å². The highest BCUT2D eigenvalue weighted by Gasteiger charge is 2.53. The zero-order chi connectivity index (χ0) is 18.1. The molecule has 4 nitrogen and oxygen atoms in total. The molecule has 1 amide bonds. The zero-order valence-electron chi connectivity index (χ0n) is 16.0. The highest BCUT2D eigenvalue weighted by Crippen LogP contribution is 2.50. The number of nitrogens with zero attached hydrogens (tertiary/aromatic N) is 1. The van der Waals surface area contributed by atoms with Crippen molar-refractivity contribution in [1.82, 2.24) is 10.2 Å². The average molecular weight is 356 g/mol. The molecule has 4 aliphatic rings. The van der Waals surface area contributed by atoms with Crippen LogP contribution >= 0.6 is 0 Å². The van der Waals surface area contributed by atoms with E-state index in [-0.39, 0.29) is 5.91 Å². The fourth-order valence-electron chi connectivity index (χ4n) is 5.21. The van der Waals surface area contributed by atoms with Gasteiger partial charge < -0.3 is 16.0 Å². The summed E-state index contributed by atoms with van der Waals surface area (Å²) in [4.78, 5) is 13.3. The summed E-state index contributed by atoms with van der Waals surface area (Å²) in [6.45, 7) is 5.46. The first-order valence-electron chi connectivity index (χ1n) is 10.4. The van der Waals surface area contributed by atoms with Crippen molar-refractivity contribution in [1.29, 1.82) is 0 Å². The predicted molar refractivity (Wildman–Crippen MR) is 106 cm³/mol. The molecule has 0 aromatic carbocycles. The van der Waals surface area contributed by atoms with E-state index in [1.165, 1.54) is 37.7 Å². The maximum absolute atomic E-state index is 10.9. The summed E-state index contributed by atoms with van der Waals surface area (Å²) in [7, 11) is 0. The van der Waals surface area contributed by atoms with E-state index in [9.17, 15) is 4.79 Å². The molecule has 4 rings (SSSR count). The van der Waals surface area contributed by atoms with Crippen molar-refractivity contribution < 1.29 is 4.79 Å². The minimum Gasteiger partial charge on any atom is -0.370 e. The predicted octanol–water partition coefficient (Wildman–Crippen LogP) is 2.92. The maximum atomic E-state index is 10.9. The summed E-state index contributed by atoms with van der Waals surface area (Å²) in [5, 5.41) is 3.91. The normalized spacial score (nSPS) is 30.7. The molecule has 1 saturated heterocycles. The lowest BCUT2D eigenvalue weighted by molar-refractivity contribution is -0.120. The molecule has 1 heterocycles. The van der Waals surface area contributed by atoms with E-state index < -0.39 is 0 Å². The number of hydrogen-bond donors (Lipinski definition) is 2. The van der Waals surface area contributed by atoms with Gasteiger partial charge in [-0.05, 0) is 55.4 Å². The number of carbonyl (C=O) groups excluding carboxylic acids is 1. The van der Waals surface area contributed by atoms with Crippen molar-refractivity contribution in [3.63, 3.8) is 0 Å². The number of hydrogen-bond acceptors (Lipinski definition) is 3. The van der Waals surface area contributed by atoms with Gasteiger partial charge in [-0.25, -0.2) is 0 Å². The zero-order valence-corrected chi connectivity index (χ0v) is 16.0. The van der Waals surface area contributed by atoms with Gasteiger partial charge in [-0.3, -0.25) is 4.79 Å². The third-order valence-corrected chi connectivity index (χ3v) is 6.65. The highest BCUT2D eigenvalue weighted by atomic mass is 16.1. The van der Waals surface area contributed by atoms with Gasteiger partial charge in [0.15, 0.2) is 0 Å². The molecule has 142 valence electrons. The van der Waals surface area contributed by atoms with E-state index in [0.717, 1.165) is 32.0 Å². The van der Waals surface area contributed by atoms with Crippen LogP contribution in [0.4, 0.5) is 0 Å². The lowest BCUT2D eigenvalue weighted by Crippen LogP contribution is -2.66. The molecule has 0 aromatic heterocycles. The van der Waals surface area contributed by atoms with Crippen LogP contribution in [0.15, 0.2) is 35.5 Å². The van der Waals surface area contributed by atoms with Gasteiger partial charge in [0.1, 0.15) is 0 Å². The van der Waals surface area contributed by atoms with E-state index in [4.69, 9.17) is 5.73 Å². The number of nitrogens with two attached hydrogens (primary N) is 1. The van der Waals surface area contributed by atoms with Crippen LogP contribution in [0.3, 0.4) is 0 Å². The summed E-state index contributed by atoms with van der Waals surface area (Å²) >= 11 is 0. The second kappa shape index (κ2) is 7.32. The number of nitrogens with one attached hydrogen (secondary N) is 1. The Morgan fingerprint density at radius 3 is 2.85 bits per heavy atom. The van der Waals surface area contributed by atoms with E-state index in [0.29, 0.717) is 23.9 Å². The first-order chi connectivity index (χ1) is 12.6. The molecule has 0 radical (unpaired) electrons. The molecule has 3 fully saturated rings. The van der Waals surface area contributed by atoms with Crippen molar-refractivity contribution in [2.24, 2.45) is 17.1 Å². The standard InChI is InChI=1S/C22H33N3O/c1-2-17(10-16-6-4-3-5-7-16)19-11-20(19)24-18-12-22(13-18)14-25(15-22)9-8-21(23)26/h4,6-7,10,18-20,24H,2-3,5,8-9,11-15H2,1H3,(H2,23,26)/b17-10+/t19-,20?/m0/s1. The smallest absolute Gasteiger partial charge is 0.218 e. The second-order valence-electron chi connectivity index (χ2n) is 8.90. The summed E-state index contributed by atoms with van der Waals surface area (Å²) in [5.74, 6) is 0.569. The van der Waals surface area contributed by atoms with Crippen LogP contribution in [0, 0.1) is 11.3 Å². The molecule has 2 atom stereocenters.